The molecule has 3 aromatic rings. The predicted octanol–water partition coefficient (Wildman–Crippen LogP) is 3.07. The van der Waals surface area contributed by atoms with Crippen molar-refractivity contribution in [3.8, 4) is 0 Å². The Balaban J connectivity index is 1.87. The van der Waals surface area contributed by atoms with E-state index in [1.165, 1.54) is 36.6 Å². The topological polar surface area (TPSA) is 109 Å². The number of nitrogens with one attached hydrogen (secondary N) is 2. The van der Waals surface area contributed by atoms with Gasteiger partial charge in [-0.05, 0) is 48.4 Å². The summed E-state index contributed by atoms with van der Waals surface area (Å²) in [4.78, 5) is 27.5. The van der Waals surface area contributed by atoms with Gasteiger partial charge in [0.1, 0.15) is 17.6 Å². The summed E-state index contributed by atoms with van der Waals surface area (Å²) >= 11 is 0. The third-order valence-electron chi connectivity index (χ3n) is 5.02. The number of benzene rings is 2. The van der Waals surface area contributed by atoms with Gasteiger partial charge in [-0.25, -0.2) is 17.5 Å². The van der Waals surface area contributed by atoms with E-state index in [0.29, 0.717) is 5.76 Å². The Bertz CT molecular complexity index is 1210. The Morgan fingerprint density at radius 3 is 2.38 bits per heavy atom. The highest BCUT2D eigenvalue weighted by Gasteiger charge is 2.34. The Labute approximate surface area is 197 Å². The molecule has 1 heterocycles. The van der Waals surface area contributed by atoms with Crippen molar-refractivity contribution < 1.29 is 26.8 Å². The third kappa shape index (κ3) is 6.30. The first-order valence-corrected chi connectivity index (χ1v) is 12.1. The van der Waals surface area contributed by atoms with Crippen LogP contribution in [0.15, 0.2) is 82.3 Å². The van der Waals surface area contributed by atoms with Crippen molar-refractivity contribution >= 4 is 27.5 Å². The fraction of sp³-hybridized carbons (Fsp3) is 0.250. The van der Waals surface area contributed by atoms with Gasteiger partial charge in [0, 0.05) is 5.69 Å². The number of sulfonamides is 1. The largest absolute Gasteiger partial charge is 0.467 e. The number of furan rings is 1. The fourth-order valence-electron chi connectivity index (χ4n) is 3.42. The van der Waals surface area contributed by atoms with E-state index in [0.717, 1.165) is 11.0 Å². The summed E-state index contributed by atoms with van der Waals surface area (Å²) in [6.45, 7) is 2.96. The lowest BCUT2D eigenvalue weighted by Gasteiger charge is -2.33. The number of hydrogen-bond acceptors (Lipinski definition) is 5. The van der Waals surface area contributed by atoms with Gasteiger partial charge in [0.15, 0.2) is 0 Å². The highest BCUT2D eigenvalue weighted by atomic mass is 32.2. The van der Waals surface area contributed by atoms with E-state index in [4.69, 9.17) is 4.42 Å². The molecule has 3 rings (SSSR count). The number of carbonyl (C=O) groups excluding carboxylic acids is 2. The van der Waals surface area contributed by atoms with Crippen LogP contribution in [-0.4, -0.2) is 32.8 Å². The number of rotatable bonds is 10. The first kappa shape index (κ1) is 25.1. The highest BCUT2D eigenvalue weighted by molar-refractivity contribution is 7.89. The molecular formula is C24H26FN3O5S. The van der Waals surface area contributed by atoms with Gasteiger partial charge in [0.05, 0.1) is 24.2 Å². The van der Waals surface area contributed by atoms with E-state index in [9.17, 15) is 22.4 Å². The molecule has 0 unspecified atom stereocenters. The second kappa shape index (κ2) is 11.1. The van der Waals surface area contributed by atoms with Crippen LogP contribution >= 0.6 is 0 Å². The van der Waals surface area contributed by atoms with Gasteiger partial charge in [-0.15, -0.1) is 0 Å². The molecule has 0 bridgehead atoms. The van der Waals surface area contributed by atoms with Gasteiger partial charge in [0.2, 0.25) is 21.8 Å². The average Bonchev–Trinajstić information content (AvgIpc) is 3.33. The van der Waals surface area contributed by atoms with Crippen LogP contribution < -0.4 is 14.9 Å². The molecule has 0 saturated carbocycles. The standard InChI is InChI=1S/C24H26FN3O5S/c1-17(2)23(24(30)26-15-20-10-7-13-33-20)28(19-9-6-8-18(25)14-19)22(29)16-27-34(31,32)21-11-4-3-5-12-21/h3-14,17,23,27H,15-16H2,1-2H3,(H,26,30)/t23-/m0/s1. The summed E-state index contributed by atoms with van der Waals surface area (Å²) in [5, 5.41) is 2.73. The van der Waals surface area contributed by atoms with Gasteiger partial charge in [-0.3, -0.25) is 14.5 Å². The summed E-state index contributed by atoms with van der Waals surface area (Å²) in [6.07, 6.45) is 1.48. The van der Waals surface area contributed by atoms with Crippen LogP contribution in [0.25, 0.3) is 0 Å². The molecule has 2 amide bonds. The molecule has 0 spiro atoms. The van der Waals surface area contributed by atoms with Gasteiger partial charge >= 0.3 is 0 Å². The van der Waals surface area contributed by atoms with Crippen LogP contribution in [0.1, 0.15) is 19.6 Å². The van der Waals surface area contributed by atoms with Gasteiger partial charge in [0.25, 0.3) is 0 Å². The third-order valence-corrected chi connectivity index (χ3v) is 6.43. The molecule has 8 nitrogen and oxygen atoms in total. The SMILES string of the molecule is CC(C)[C@@H](C(=O)NCc1ccco1)N(C(=O)CNS(=O)(=O)c1ccccc1)c1cccc(F)c1. The van der Waals surface area contributed by atoms with E-state index >= 15 is 0 Å². The van der Waals surface area contributed by atoms with Crippen molar-refractivity contribution in [2.75, 3.05) is 11.4 Å². The minimum Gasteiger partial charge on any atom is -0.467 e. The monoisotopic (exact) mass is 487 g/mol. The van der Waals surface area contributed by atoms with Gasteiger partial charge in [-0.2, -0.15) is 0 Å². The maximum atomic E-state index is 14.0. The summed E-state index contributed by atoms with van der Waals surface area (Å²) in [7, 11) is -3.97. The number of nitrogens with zero attached hydrogens (tertiary/aromatic N) is 1. The Morgan fingerprint density at radius 2 is 1.76 bits per heavy atom. The van der Waals surface area contributed by atoms with E-state index in [1.54, 1.807) is 44.2 Å². The lowest BCUT2D eigenvalue weighted by atomic mass is 10.00. The van der Waals surface area contributed by atoms with Crippen molar-refractivity contribution in [1.29, 1.82) is 0 Å². The second-order valence-electron chi connectivity index (χ2n) is 7.87. The molecular weight excluding hydrogens is 461 g/mol. The highest BCUT2D eigenvalue weighted by Crippen LogP contribution is 2.23. The van der Waals surface area contributed by atoms with Crippen LogP contribution in [0.3, 0.4) is 0 Å². The number of carbonyl (C=O) groups is 2. The van der Waals surface area contributed by atoms with Gasteiger partial charge in [-0.1, -0.05) is 38.1 Å². The summed E-state index contributed by atoms with van der Waals surface area (Å²) in [6, 6.07) is 15.2. The van der Waals surface area contributed by atoms with E-state index in [1.807, 2.05) is 0 Å². The first-order chi connectivity index (χ1) is 16.2. The Hall–Kier alpha value is -3.50. The number of anilines is 1. The minimum absolute atomic E-state index is 0.00305. The lowest BCUT2D eigenvalue weighted by molar-refractivity contribution is -0.127. The molecule has 0 fully saturated rings. The van der Waals surface area contributed by atoms with Crippen LogP contribution in [0.2, 0.25) is 0 Å². The maximum Gasteiger partial charge on any atom is 0.243 e. The molecule has 1 aromatic heterocycles. The Morgan fingerprint density at radius 1 is 1.03 bits per heavy atom. The van der Waals surface area contributed by atoms with E-state index in [2.05, 4.69) is 10.0 Å². The fourth-order valence-corrected chi connectivity index (χ4v) is 4.42. The molecule has 10 heteroatoms. The quantitative estimate of drug-likeness (QED) is 0.457. The van der Waals surface area contributed by atoms with Crippen molar-refractivity contribution in [2.24, 2.45) is 5.92 Å². The molecule has 2 aromatic carbocycles. The van der Waals surface area contributed by atoms with Crippen molar-refractivity contribution in [1.82, 2.24) is 10.0 Å². The lowest BCUT2D eigenvalue weighted by Crippen LogP contribution is -2.54. The summed E-state index contributed by atoms with van der Waals surface area (Å²) < 4.78 is 46.7. The average molecular weight is 488 g/mol. The first-order valence-electron chi connectivity index (χ1n) is 10.6. The zero-order valence-corrected chi connectivity index (χ0v) is 19.6. The molecule has 0 aliphatic carbocycles. The zero-order chi connectivity index (χ0) is 24.7. The molecule has 1 atom stereocenters. The number of amides is 2. The van der Waals surface area contributed by atoms with Crippen LogP contribution in [0.5, 0.6) is 0 Å². The summed E-state index contributed by atoms with van der Waals surface area (Å²) in [5.41, 5.74) is 0.135. The van der Waals surface area contributed by atoms with Crippen molar-refractivity contribution in [3.63, 3.8) is 0 Å². The molecule has 0 saturated heterocycles. The molecule has 2 N–H and O–H groups in total. The van der Waals surface area contributed by atoms with Crippen LogP contribution in [-0.2, 0) is 26.2 Å². The minimum atomic E-state index is -3.97. The summed E-state index contributed by atoms with van der Waals surface area (Å²) in [5.74, 6) is -1.66. The number of halogens is 1. The van der Waals surface area contributed by atoms with E-state index < -0.39 is 40.2 Å². The maximum absolute atomic E-state index is 14.0. The number of hydrogen-bond donors (Lipinski definition) is 2. The van der Waals surface area contributed by atoms with Crippen LogP contribution in [0.4, 0.5) is 10.1 Å². The predicted molar refractivity (Wildman–Crippen MR) is 125 cm³/mol. The van der Waals surface area contributed by atoms with E-state index in [-0.39, 0.29) is 23.0 Å². The molecule has 0 radical (unpaired) electrons. The van der Waals surface area contributed by atoms with Crippen molar-refractivity contribution in [2.45, 2.75) is 31.3 Å². The van der Waals surface area contributed by atoms with Crippen LogP contribution in [0, 0.1) is 11.7 Å². The van der Waals surface area contributed by atoms with Gasteiger partial charge < -0.3 is 9.73 Å². The Kier molecular flexibility index (Phi) is 8.19. The molecule has 0 aliphatic heterocycles. The second-order valence-corrected chi connectivity index (χ2v) is 9.63. The normalized spacial score (nSPS) is 12.4. The molecule has 0 aliphatic rings. The smallest absolute Gasteiger partial charge is 0.243 e. The zero-order valence-electron chi connectivity index (χ0n) is 18.8. The van der Waals surface area contributed by atoms with Crippen molar-refractivity contribution in [3.05, 3.63) is 84.6 Å². The molecule has 180 valence electrons. The molecule has 34 heavy (non-hydrogen) atoms.